The molecule has 0 N–H and O–H groups in total. The van der Waals surface area contributed by atoms with E-state index in [1.807, 2.05) is 18.2 Å². The standard InChI is InChI=1S/C19H21NO/c1-4-14(5-2)15-10-13(3)11-16(12-15)17-6-7-19-18(20-17)8-9-21-19/h6-12,14H,4-5H2,1-3H3. The van der Waals surface area contributed by atoms with Gasteiger partial charge in [0, 0.05) is 11.6 Å². The van der Waals surface area contributed by atoms with E-state index in [4.69, 9.17) is 9.40 Å². The van der Waals surface area contributed by atoms with Crippen molar-refractivity contribution in [1.29, 1.82) is 0 Å². The molecule has 0 amide bonds. The molecule has 0 saturated heterocycles. The number of rotatable bonds is 4. The van der Waals surface area contributed by atoms with Crippen LogP contribution in [-0.2, 0) is 0 Å². The van der Waals surface area contributed by atoms with E-state index < -0.39 is 0 Å². The van der Waals surface area contributed by atoms with Gasteiger partial charge in [0.25, 0.3) is 0 Å². The summed E-state index contributed by atoms with van der Waals surface area (Å²) in [4.78, 5) is 4.70. The van der Waals surface area contributed by atoms with E-state index in [2.05, 4.69) is 39.0 Å². The number of furan rings is 1. The Morgan fingerprint density at radius 1 is 1.05 bits per heavy atom. The Morgan fingerprint density at radius 3 is 2.62 bits per heavy atom. The summed E-state index contributed by atoms with van der Waals surface area (Å²) in [6.07, 6.45) is 4.04. The molecule has 0 unspecified atom stereocenters. The summed E-state index contributed by atoms with van der Waals surface area (Å²) in [7, 11) is 0. The van der Waals surface area contributed by atoms with Crippen LogP contribution in [0.4, 0.5) is 0 Å². The molecule has 0 radical (unpaired) electrons. The lowest BCUT2D eigenvalue weighted by molar-refractivity contribution is 0.615. The van der Waals surface area contributed by atoms with Gasteiger partial charge in [-0.25, -0.2) is 4.98 Å². The third-order valence-corrected chi connectivity index (χ3v) is 4.16. The maximum atomic E-state index is 5.37. The molecule has 2 nitrogen and oxygen atoms in total. The van der Waals surface area contributed by atoms with E-state index in [1.54, 1.807) is 6.26 Å². The minimum absolute atomic E-state index is 0.626. The molecule has 0 spiro atoms. The minimum Gasteiger partial charge on any atom is -0.463 e. The maximum Gasteiger partial charge on any atom is 0.152 e. The topological polar surface area (TPSA) is 26.0 Å². The van der Waals surface area contributed by atoms with E-state index in [1.165, 1.54) is 29.5 Å². The third-order valence-electron chi connectivity index (χ3n) is 4.16. The molecule has 21 heavy (non-hydrogen) atoms. The Kier molecular flexibility index (Phi) is 3.78. The maximum absolute atomic E-state index is 5.37. The smallest absolute Gasteiger partial charge is 0.152 e. The third kappa shape index (κ3) is 2.71. The van der Waals surface area contributed by atoms with Crippen molar-refractivity contribution in [2.24, 2.45) is 0 Å². The predicted molar refractivity (Wildman–Crippen MR) is 87.5 cm³/mol. The summed E-state index contributed by atoms with van der Waals surface area (Å²) >= 11 is 0. The van der Waals surface area contributed by atoms with E-state index in [9.17, 15) is 0 Å². The highest BCUT2D eigenvalue weighted by Gasteiger charge is 2.10. The normalized spacial score (nSPS) is 11.4. The number of fused-ring (bicyclic) bond motifs is 1. The molecule has 0 bridgehead atoms. The molecule has 3 rings (SSSR count). The first kappa shape index (κ1) is 13.9. The Hall–Kier alpha value is -2.09. The molecule has 0 saturated carbocycles. The molecule has 2 heteroatoms. The van der Waals surface area contributed by atoms with Gasteiger partial charge in [-0.05, 0) is 55.5 Å². The van der Waals surface area contributed by atoms with Gasteiger partial charge >= 0.3 is 0 Å². The molecule has 0 fully saturated rings. The number of benzene rings is 1. The van der Waals surface area contributed by atoms with Crippen LogP contribution in [0.25, 0.3) is 22.4 Å². The second-order valence-corrected chi connectivity index (χ2v) is 5.65. The fourth-order valence-electron chi connectivity index (χ4n) is 2.97. The number of aryl methyl sites for hydroxylation is 1. The van der Waals surface area contributed by atoms with Crippen LogP contribution in [0.5, 0.6) is 0 Å². The van der Waals surface area contributed by atoms with Crippen molar-refractivity contribution in [3.05, 3.63) is 53.8 Å². The lowest BCUT2D eigenvalue weighted by Gasteiger charge is -2.15. The summed E-state index contributed by atoms with van der Waals surface area (Å²) in [6, 6.07) is 12.8. The number of pyridine rings is 1. The van der Waals surface area contributed by atoms with Crippen LogP contribution >= 0.6 is 0 Å². The molecular weight excluding hydrogens is 258 g/mol. The molecule has 0 atom stereocenters. The van der Waals surface area contributed by atoms with Crippen molar-refractivity contribution in [3.63, 3.8) is 0 Å². The number of hydrogen-bond donors (Lipinski definition) is 0. The van der Waals surface area contributed by atoms with Crippen molar-refractivity contribution < 1.29 is 4.42 Å². The van der Waals surface area contributed by atoms with E-state index in [0.717, 1.165) is 16.8 Å². The lowest BCUT2D eigenvalue weighted by Crippen LogP contribution is -1.97. The Balaban J connectivity index is 2.08. The predicted octanol–water partition coefficient (Wildman–Crippen LogP) is 5.71. The molecule has 108 valence electrons. The molecule has 0 aliphatic heterocycles. The van der Waals surface area contributed by atoms with Crippen LogP contribution < -0.4 is 0 Å². The van der Waals surface area contributed by atoms with Gasteiger partial charge in [-0.3, -0.25) is 0 Å². The van der Waals surface area contributed by atoms with Gasteiger partial charge in [0.2, 0.25) is 0 Å². The number of aromatic nitrogens is 1. The van der Waals surface area contributed by atoms with Crippen molar-refractivity contribution in [1.82, 2.24) is 4.98 Å². The zero-order valence-electron chi connectivity index (χ0n) is 12.9. The van der Waals surface area contributed by atoms with Crippen LogP contribution in [-0.4, -0.2) is 4.98 Å². The number of nitrogens with zero attached hydrogens (tertiary/aromatic N) is 1. The van der Waals surface area contributed by atoms with Crippen molar-refractivity contribution in [2.75, 3.05) is 0 Å². The molecule has 0 aliphatic carbocycles. The van der Waals surface area contributed by atoms with Crippen LogP contribution in [0.1, 0.15) is 43.7 Å². The average Bonchev–Trinajstić information content (AvgIpc) is 2.95. The quantitative estimate of drug-likeness (QED) is 0.611. The monoisotopic (exact) mass is 279 g/mol. The first-order valence-corrected chi connectivity index (χ1v) is 7.67. The number of hydrogen-bond acceptors (Lipinski definition) is 2. The van der Waals surface area contributed by atoms with Gasteiger partial charge in [0.05, 0.1) is 12.0 Å². The first-order valence-electron chi connectivity index (χ1n) is 7.67. The van der Waals surface area contributed by atoms with Crippen LogP contribution in [0, 0.1) is 6.92 Å². The largest absolute Gasteiger partial charge is 0.463 e. The highest BCUT2D eigenvalue weighted by atomic mass is 16.3. The zero-order chi connectivity index (χ0) is 14.8. The zero-order valence-corrected chi connectivity index (χ0v) is 12.9. The van der Waals surface area contributed by atoms with E-state index >= 15 is 0 Å². The average molecular weight is 279 g/mol. The van der Waals surface area contributed by atoms with Crippen molar-refractivity contribution in [3.8, 4) is 11.3 Å². The second kappa shape index (κ2) is 5.72. The molecular formula is C19H21NO. The lowest BCUT2D eigenvalue weighted by atomic mass is 9.90. The van der Waals surface area contributed by atoms with E-state index in [0.29, 0.717) is 5.92 Å². The second-order valence-electron chi connectivity index (χ2n) is 5.65. The molecule has 0 aliphatic rings. The van der Waals surface area contributed by atoms with Crippen LogP contribution in [0.15, 0.2) is 47.1 Å². The van der Waals surface area contributed by atoms with Crippen LogP contribution in [0.2, 0.25) is 0 Å². The van der Waals surface area contributed by atoms with Gasteiger partial charge in [0.1, 0.15) is 5.52 Å². The first-order chi connectivity index (χ1) is 10.2. The van der Waals surface area contributed by atoms with Crippen LogP contribution in [0.3, 0.4) is 0 Å². The Labute approximate surface area is 125 Å². The molecule has 3 aromatic rings. The summed E-state index contributed by atoms with van der Waals surface area (Å²) in [6.45, 7) is 6.67. The van der Waals surface area contributed by atoms with Gasteiger partial charge in [0.15, 0.2) is 5.58 Å². The van der Waals surface area contributed by atoms with Gasteiger partial charge in [-0.15, -0.1) is 0 Å². The fraction of sp³-hybridized carbons (Fsp3) is 0.316. The summed E-state index contributed by atoms with van der Waals surface area (Å²) < 4.78 is 5.37. The fourth-order valence-corrected chi connectivity index (χ4v) is 2.97. The highest BCUT2D eigenvalue weighted by Crippen LogP contribution is 2.29. The van der Waals surface area contributed by atoms with Crippen molar-refractivity contribution >= 4 is 11.1 Å². The van der Waals surface area contributed by atoms with Crippen molar-refractivity contribution in [2.45, 2.75) is 39.5 Å². The summed E-state index contributed by atoms with van der Waals surface area (Å²) in [5.41, 5.74) is 6.68. The summed E-state index contributed by atoms with van der Waals surface area (Å²) in [5.74, 6) is 0.626. The molecule has 1 aromatic carbocycles. The Bertz CT molecular complexity index is 753. The summed E-state index contributed by atoms with van der Waals surface area (Å²) in [5, 5.41) is 0. The molecule has 2 aromatic heterocycles. The van der Waals surface area contributed by atoms with Gasteiger partial charge in [-0.2, -0.15) is 0 Å². The van der Waals surface area contributed by atoms with Gasteiger partial charge < -0.3 is 4.42 Å². The molecule has 2 heterocycles. The van der Waals surface area contributed by atoms with Gasteiger partial charge in [-0.1, -0.05) is 25.5 Å². The minimum atomic E-state index is 0.626. The SMILES string of the molecule is CCC(CC)c1cc(C)cc(-c2ccc3occc3n2)c1. The Morgan fingerprint density at radius 2 is 1.86 bits per heavy atom. The highest BCUT2D eigenvalue weighted by molar-refractivity contribution is 5.76. The van der Waals surface area contributed by atoms with E-state index in [-0.39, 0.29) is 0 Å².